The van der Waals surface area contributed by atoms with Gasteiger partial charge >= 0.3 is 5.97 Å². The van der Waals surface area contributed by atoms with E-state index in [1.165, 1.54) is 7.11 Å². The standard InChI is InChI=1S/C14H15NO3/c1-9(14(17)18-2)15-12-5-3-11-8-13(16)6-4-10(11)7-12/h3-9,15-16H,1-2H3/t9-/m0/s1. The summed E-state index contributed by atoms with van der Waals surface area (Å²) in [5.74, 6) is -0.0630. The number of hydrogen-bond donors (Lipinski definition) is 2. The third-order valence-corrected chi connectivity index (χ3v) is 2.76. The molecule has 0 saturated heterocycles. The number of carbonyl (C=O) groups excluding carboxylic acids is 1. The first kappa shape index (κ1) is 12.2. The van der Waals surface area contributed by atoms with Crippen molar-refractivity contribution in [3.05, 3.63) is 36.4 Å². The number of phenolic OH excluding ortho intramolecular Hbond substituents is 1. The maximum absolute atomic E-state index is 11.3. The molecule has 0 aliphatic heterocycles. The van der Waals surface area contributed by atoms with E-state index < -0.39 is 6.04 Å². The molecule has 0 heterocycles. The zero-order valence-corrected chi connectivity index (χ0v) is 10.3. The van der Waals surface area contributed by atoms with E-state index in [0.717, 1.165) is 16.5 Å². The summed E-state index contributed by atoms with van der Waals surface area (Å²) >= 11 is 0. The molecule has 4 nitrogen and oxygen atoms in total. The lowest BCUT2D eigenvalue weighted by molar-refractivity contribution is -0.141. The first-order valence-corrected chi connectivity index (χ1v) is 5.67. The Labute approximate surface area is 105 Å². The number of nitrogens with one attached hydrogen (secondary N) is 1. The Morgan fingerprint density at radius 3 is 2.61 bits per heavy atom. The van der Waals surface area contributed by atoms with Gasteiger partial charge in [-0.05, 0) is 42.0 Å². The van der Waals surface area contributed by atoms with Crippen molar-refractivity contribution in [3.63, 3.8) is 0 Å². The molecule has 18 heavy (non-hydrogen) atoms. The lowest BCUT2D eigenvalue weighted by Crippen LogP contribution is -2.27. The number of anilines is 1. The molecule has 0 aliphatic rings. The lowest BCUT2D eigenvalue weighted by Gasteiger charge is -2.13. The molecule has 2 aromatic carbocycles. The summed E-state index contributed by atoms with van der Waals surface area (Å²) in [4.78, 5) is 11.3. The summed E-state index contributed by atoms with van der Waals surface area (Å²) in [5, 5.41) is 14.4. The number of rotatable bonds is 3. The zero-order valence-electron chi connectivity index (χ0n) is 10.3. The second kappa shape index (κ2) is 4.96. The third-order valence-electron chi connectivity index (χ3n) is 2.76. The molecule has 0 aliphatic carbocycles. The second-order valence-corrected chi connectivity index (χ2v) is 4.14. The summed E-state index contributed by atoms with van der Waals surface area (Å²) < 4.78 is 4.65. The Bertz CT molecular complexity index is 580. The van der Waals surface area contributed by atoms with Gasteiger partial charge in [-0.25, -0.2) is 4.79 Å². The molecule has 2 N–H and O–H groups in total. The van der Waals surface area contributed by atoms with Gasteiger partial charge < -0.3 is 15.2 Å². The van der Waals surface area contributed by atoms with Gasteiger partial charge in [0.25, 0.3) is 0 Å². The van der Waals surface area contributed by atoms with E-state index in [1.807, 2.05) is 24.3 Å². The van der Waals surface area contributed by atoms with E-state index in [0.29, 0.717) is 0 Å². The van der Waals surface area contributed by atoms with Crippen LogP contribution < -0.4 is 5.32 Å². The summed E-state index contributed by atoms with van der Waals surface area (Å²) in [6, 6.07) is 10.4. The van der Waals surface area contributed by atoms with Gasteiger partial charge in [-0.3, -0.25) is 0 Å². The summed E-state index contributed by atoms with van der Waals surface area (Å²) in [6.45, 7) is 1.74. The largest absolute Gasteiger partial charge is 0.508 e. The molecule has 0 unspecified atom stereocenters. The molecule has 0 saturated carbocycles. The number of hydrogen-bond acceptors (Lipinski definition) is 4. The quantitative estimate of drug-likeness (QED) is 0.816. The van der Waals surface area contributed by atoms with Crippen molar-refractivity contribution < 1.29 is 14.6 Å². The summed E-state index contributed by atoms with van der Waals surface area (Å²) in [7, 11) is 1.36. The van der Waals surface area contributed by atoms with Gasteiger partial charge in [-0.15, -0.1) is 0 Å². The minimum Gasteiger partial charge on any atom is -0.508 e. The van der Waals surface area contributed by atoms with Crippen molar-refractivity contribution >= 4 is 22.4 Å². The smallest absolute Gasteiger partial charge is 0.327 e. The molecule has 0 spiro atoms. The van der Waals surface area contributed by atoms with Crippen LogP contribution in [0.1, 0.15) is 6.92 Å². The number of ether oxygens (including phenoxy) is 1. The Hall–Kier alpha value is -2.23. The van der Waals surface area contributed by atoms with Crippen LogP contribution in [0.25, 0.3) is 10.8 Å². The van der Waals surface area contributed by atoms with E-state index >= 15 is 0 Å². The molecular weight excluding hydrogens is 230 g/mol. The van der Waals surface area contributed by atoms with Crippen LogP contribution in [0.2, 0.25) is 0 Å². The number of carbonyl (C=O) groups is 1. The molecule has 0 fully saturated rings. The number of methoxy groups -OCH3 is 1. The van der Waals surface area contributed by atoms with Crippen LogP contribution in [0.5, 0.6) is 5.75 Å². The average Bonchev–Trinajstić information content (AvgIpc) is 2.38. The van der Waals surface area contributed by atoms with E-state index in [-0.39, 0.29) is 11.7 Å². The number of fused-ring (bicyclic) bond motifs is 1. The van der Waals surface area contributed by atoms with Crippen molar-refractivity contribution in [1.82, 2.24) is 0 Å². The molecule has 0 aromatic heterocycles. The molecule has 4 heteroatoms. The summed E-state index contributed by atoms with van der Waals surface area (Å²) in [6.07, 6.45) is 0. The van der Waals surface area contributed by atoms with Crippen molar-refractivity contribution in [3.8, 4) is 5.75 Å². The van der Waals surface area contributed by atoms with Crippen LogP contribution in [-0.4, -0.2) is 24.2 Å². The Morgan fingerprint density at radius 1 is 1.22 bits per heavy atom. The van der Waals surface area contributed by atoms with Crippen molar-refractivity contribution in [2.75, 3.05) is 12.4 Å². The Balaban J connectivity index is 2.25. The minimum absolute atomic E-state index is 0.242. The maximum Gasteiger partial charge on any atom is 0.327 e. The topological polar surface area (TPSA) is 58.6 Å². The Kier molecular flexibility index (Phi) is 3.37. The van der Waals surface area contributed by atoms with E-state index in [9.17, 15) is 9.90 Å². The van der Waals surface area contributed by atoms with Crippen molar-refractivity contribution in [1.29, 1.82) is 0 Å². The number of benzene rings is 2. The number of aromatic hydroxyl groups is 1. The molecule has 0 radical (unpaired) electrons. The highest BCUT2D eigenvalue weighted by Crippen LogP contribution is 2.23. The molecule has 1 atom stereocenters. The first-order valence-electron chi connectivity index (χ1n) is 5.67. The van der Waals surface area contributed by atoms with Crippen LogP contribution in [-0.2, 0) is 9.53 Å². The first-order chi connectivity index (χ1) is 8.60. The Morgan fingerprint density at radius 2 is 1.89 bits per heavy atom. The average molecular weight is 245 g/mol. The van der Waals surface area contributed by atoms with Gasteiger partial charge in [-0.2, -0.15) is 0 Å². The number of esters is 1. The van der Waals surface area contributed by atoms with Gasteiger partial charge in [0, 0.05) is 5.69 Å². The molecule has 94 valence electrons. The highest BCUT2D eigenvalue weighted by atomic mass is 16.5. The van der Waals surface area contributed by atoms with E-state index in [1.54, 1.807) is 19.1 Å². The normalized spacial score (nSPS) is 12.1. The molecule has 0 bridgehead atoms. The maximum atomic E-state index is 11.3. The van der Waals surface area contributed by atoms with Gasteiger partial charge in [0.05, 0.1) is 7.11 Å². The molecule has 2 rings (SSSR count). The fraction of sp³-hybridized carbons (Fsp3) is 0.214. The predicted molar refractivity (Wildman–Crippen MR) is 70.7 cm³/mol. The zero-order chi connectivity index (χ0) is 13.1. The lowest BCUT2D eigenvalue weighted by atomic mass is 10.1. The fourth-order valence-corrected chi connectivity index (χ4v) is 1.81. The number of phenols is 1. The highest BCUT2D eigenvalue weighted by molar-refractivity contribution is 5.88. The molecular formula is C14H15NO3. The second-order valence-electron chi connectivity index (χ2n) is 4.14. The predicted octanol–water partition coefficient (Wildman–Crippen LogP) is 2.52. The van der Waals surface area contributed by atoms with Gasteiger partial charge in [-0.1, -0.05) is 12.1 Å². The van der Waals surface area contributed by atoms with Crippen molar-refractivity contribution in [2.45, 2.75) is 13.0 Å². The SMILES string of the molecule is COC(=O)[C@H](C)Nc1ccc2cc(O)ccc2c1. The van der Waals surface area contributed by atoms with E-state index in [2.05, 4.69) is 10.1 Å². The summed E-state index contributed by atoms with van der Waals surface area (Å²) in [5.41, 5.74) is 0.839. The highest BCUT2D eigenvalue weighted by Gasteiger charge is 2.12. The van der Waals surface area contributed by atoms with Crippen LogP contribution in [0.4, 0.5) is 5.69 Å². The van der Waals surface area contributed by atoms with Crippen LogP contribution in [0.15, 0.2) is 36.4 Å². The monoisotopic (exact) mass is 245 g/mol. The van der Waals surface area contributed by atoms with Gasteiger partial charge in [0.15, 0.2) is 0 Å². The van der Waals surface area contributed by atoms with Crippen LogP contribution in [0.3, 0.4) is 0 Å². The fourth-order valence-electron chi connectivity index (χ4n) is 1.81. The minimum atomic E-state index is -0.399. The van der Waals surface area contributed by atoms with Gasteiger partial charge in [0.2, 0.25) is 0 Å². The van der Waals surface area contributed by atoms with Crippen LogP contribution in [0, 0.1) is 0 Å². The third kappa shape index (κ3) is 2.53. The van der Waals surface area contributed by atoms with Crippen molar-refractivity contribution in [2.24, 2.45) is 0 Å². The van der Waals surface area contributed by atoms with Crippen LogP contribution >= 0.6 is 0 Å². The van der Waals surface area contributed by atoms with E-state index in [4.69, 9.17) is 0 Å². The molecule has 0 amide bonds. The van der Waals surface area contributed by atoms with Gasteiger partial charge in [0.1, 0.15) is 11.8 Å². The molecule has 2 aromatic rings.